The molecule has 0 bridgehead atoms. The number of aromatic nitrogens is 2. The lowest BCUT2D eigenvalue weighted by atomic mass is 9.90. The van der Waals surface area contributed by atoms with Gasteiger partial charge in [0.1, 0.15) is 5.82 Å². The number of carbonyl (C=O) groups is 2. The van der Waals surface area contributed by atoms with Gasteiger partial charge in [-0.15, -0.1) is 0 Å². The first kappa shape index (κ1) is 37.2. The number of amides is 2. The molecule has 18 heteroatoms. The molecule has 1 heterocycles. The van der Waals surface area contributed by atoms with Crippen LogP contribution in [0.2, 0.25) is 0 Å². The predicted molar refractivity (Wildman–Crippen MR) is 146 cm³/mol. The molecular weight excluding hydrogens is 627 g/mol. The zero-order valence-corrected chi connectivity index (χ0v) is 24.8. The van der Waals surface area contributed by atoms with Crippen molar-refractivity contribution in [2.75, 3.05) is 24.3 Å². The molecule has 45 heavy (non-hydrogen) atoms. The van der Waals surface area contributed by atoms with E-state index in [0.29, 0.717) is 43.8 Å². The van der Waals surface area contributed by atoms with E-state index in [4.69, 9.17) is 9.90 Å². The number of rotatable bonds is 6. The van der Waals surface area contributed by atoms with Crippen molar-refractivity contribution in [2.45, 2.75) is 82.6 Å². The molecule has 9 nitrogen and oxygen atoms in total. The van der Waals surface area contributed by atoms with Gasteiger partial charge in [0.2, 0.25) is 5.95 Å². The number of nitrogens with one attached hydrogen (secondary N) is 3. The summed E-state index contributed by atoms with van der Waals surface area (Å²) in [4.78, 5) is 32.3. The normalized spacial score (nSPS) is 17.5. The van der Waals surface area contributed by atoms with Crippen LogP contribution < -0.4 is 20.9 Å². The fraction of sp³-hybridized carbons (Fsp3) is 0.556. The minimum Gasteiger partial charge on any atom is -0.475 e. The maximum Gasteiger partial charge on any atom is 0.490 e. The Morgan fingerprint density at radius 1 is 0.844 bits per heavy atom. The van der Waals surface area contributed by atoms with Gasteiger partial charge in [0, 0.05) is 37.9 Å². The molecule has 0 radical (unpaired) electrons. The third-order valence-corrected chi connectivity index (χ3v) is 6.74. The Labute approximate surface area is 252 Å². The number of hydrogen-bond donors (Lipinski definition) is 4. The second kappa shape index (κ2) is 14.0. The molecule has 0 unspecified atom stereocenters. The van der Waals surface area contributed by atoms with Crippen LogP contribution in [-0.2, 0) is 22.7 Å². The largest absolute Gasteiger partial charge is 0.490 e. The van der Waals surface area contributed by atoms with E-state index in [0.717, 1.165) is 11.4 Å². The fourth-order valence-electron chi connectivity index (χ4n) is 4.41. The van der Waals surface area contributed by atoms with Crippen molar-refractivity contribution in [3.63, 3.8) is 0 Å². The fourth-order valence-corrected chi connectivity index (χ4v) is 4.41. The van der Waals surface area contributed by atoms with Crippen LogP contribution in [0, 0.1) is 6.92 Å². The van der Waals surface area contributed by atoms with E-state index in [1.165, 1.54) is 13.8 Å². The molecule has 1 aliphatic rings. The van der Waals surface area contributed by atoms with E-state index in [1.54, 1.807) is 6.20 Å². The van der Waals surface area contributed by atoms with Gasteiger partial charge >= 0.3 is 30.5 Å². The lowest BCUT2D eigenvalue weighted by molar-refractivity contribution is -0.192. The van der Waals surface area contributed by atoms with Crippen LogP contribution in [0.4, 0.5) is 56.1 Å². The van der Waals surface area contributed by atoms with E-state index < -0.39 is 47.2 Å². The van der Waals surface area contributed by atoms with Crippen LogP contribution in [0.15, 0.2) is 24.4 Å². The highest BCUT2D eigenvalue weighted by atomic mass is 19.4. The number of alkyl halides is 9. The van der Waals surface area contributed by atoms with Crippen LogP contribution >= 0.6 is 0 Å². The second-order valence-electron chi connectivity index (χ2n) is 11.1. The quantitative estimate of drug-likeness (QED) is 0.262. The molecule has 0 aliphatic heterocycles. The maximum atomic E-state index is 13.3. The summed E-state index contributed by atoms with van der Waals surface area (Å²) in [6.07, 6.45) is -10.6. The maximum absolute atomic E-state index is 13.3. The van der Waals surface area contributed by atoms with E-state index in [9.17, 15) is 44.3 Å². The van der Waals surface area contributed by atoms with Gasteiger partial charge in [0.05, 0.1) is 16.7 Å². The minimum absolute atomic E-state index is 0.0646. The molecule has 1 aromatic carbocycles. The Kier molecular flexibility index (Phi) is 11.6. The van der Waals surface area contributed by atoms with E-state index in [-0.39, 0.29) is 23.7 Å². The molecule has 1 aliphatic carbocycles. The molecule has 1 aromatic heterocycles. The average Bonchev–Trinajstić information content (AvgIpc) is 2.89. The Balaban J connectivity index is 0.000000900. The number of carbonyl (C=O) groups excluding carboxylic acids is 1. The number of carboxylic acids is 1. The number of nitrogens with zero attached hydrogens (tertiary/aromatic N) is 3. The molecular formula is C27H33F9N6O3. The van der Waals surface area contributed by atoms with Gasteiger partial charge < -0.3 is 26.0 Å². The van der Waals surface area contributed by atoms with Gasteiger partial charge in [-0.1, -0.05) is 0 Å². The predicted octanol–water partition coefficient (Wildman–Crippen LogP) is 6.48. The number of benzene rings is 1. The molecule has 252 valence electrons. The molecule has 1 fully saturated rings. The second-order valence-corrected chi connectivity index (χ2v) is 11.1. The SMILES string of the molecule is Cc1cnc(N[C@H]2CC[C@@H](NC(=O)NC(C)(C)c3cc(C(F)(F)F)cc(C(F)(F)F)c3)CC2)nc1N(C)C.O=C(O)C(F)(F)F. The van der Waals surface area contributed by atoms with Gasteiger partial charge in [-0.3, -0.25) is 0 Å². The first-order valence-corrected chi connectivity index (χ1v) is 13.4. The molecule has 0 saturated heterocycles. The van der Waals surface area contributed by atoms with Crippen molar-refractivity contribution in [3.05, 3.63) is 46.6 Å². The summed E-state index contributed by atoms with van der Waals surface area (Å²) in [5.41, 5.74) is -3.73. The van der Waals surface area contributed by atoms with Crippen molar-refractivity contribution < 1.29 is 54.2 Å². The van der Waals surface area contributed by atoms with Crippen molar-refractivity contribution >= 4 is 23.8 Å². The summed E-state index contributed by atoms with van der Waals surface area (Å²) in [7, 11) is 3.79. The summed E-state index contributed by atoms with van der Waals surface area (Å²) < 4.78 is 111. The van der Waals surface area contributed by atoms with Crippen LogP contribution in [0.25, 0.3) is 0 Å². The average molecular weight is 661 g/mol. The van der Waals surface area contributed by atoms with Crippen LogP contribution in [0.3, 0.4) is 0 Å². The van der Waals surface area contributed by atoms with Gasteiger partial charge in [0.25, 0.3) is 0 Å². The van der Waals surface area contributed by atoms with Gasteiger partial charge in [0.15, 0.2) is 0 Å². The third-order valence-electron chi connectivity index (χ3n) is 6.74. The first-order chi connectivity index (χ1) is 20.4. The van der Waals surface area contributed by atoms with E-state index >= 15 is 0 Å². The molecule has 1 saturated carbocycles. The van der Waals surface area contributed by atoms with Crippen LogP contribution in [0.1, 0.15) is 61.8 Å². The minimum atomic E-state index is -5.08. The van der Waals surface area contributed by atoms with Gasteiger partial charge in [-0.25, -0.2) is 14.6 Å². The Bertz CT molecular complexity index is 1300. The molecule has 0 atom stereocenters. The zero-order valence-electron chi connectivity index (χ0n) is 24.8. The highest BCUT2D eigenvalue weighted by Gasteiger charge is 2.39. The highest BCUT2D eigenvalue weighted by Crippen LogP contribution is 2.38. The summed E-state index contributed by atoms with van der Waals surface area (Å²) in [5.74, 6) is -1.44. The molecule has 0 spiro atoms. The number of hydrogen-bond acceptors (Lipinski definition) is 6. The zero-order chi connectivity index (χ0) is 34.5. The number of carboxylic acid groups (broad SMARTS) is 1. The number of halogens is 9. The van der Waals surface area contributed by atoms with E-state index in [1.807, 2.05) is 25.9 Å². The summed E-state index contributed by atoms with van der Waals surface area (Å²) in [6, 6.07) is 0.538. The monoisotopic (exact) mass is 660 g/mol. The molecule has 4 N–H and O–H groups in total. The summed E-state index contributed by atoms with van der Waals surface area (Å²) in [6.45, 7) is 4.63. The van der Waals surface area contributed by atoms with Crippen molar-refractivity contribution in [3.8, 4) is 0 Å². The number of urea groups is 1. The third kappa shape index (κ3) is 11.1. The van der Waals surface area contributed by atoms with Crippen molar-refractivity contribution in [1.82, 2.24) is 20.6 Å². The first-order valence-electron chi connectivity index (χ1n) is 13.4. The van der Waals surface area contributed by atoms with Crippen molar-refractivity contribution in [2.24, 2.45) is 0 Å². The molecule has 2 aromatic rings. The highest BCUT2D eigenvalue weighted by molar-refractivity contribution is 5.75. The van der Waals surface area contributed by atoms with E-state index in [2.05, 4.69) is 25.9 Å². The number of aliphatic carboxylic acids is 1. The number of aryl methyl sites for hydroxylation is 1. The Morgan fingerprint density at radius 3 is 1.71 bits per heavy atom. The molecule has 3 rings (SSSR count). The van der Waals surface area contributed by atoms with Crippen molar-refractivity contribution in [1.29, 1.82) is 0 Å². The summed E-state index contributed by atoms with van der Waals surface area (Å²) in [5, 5.41) is 15.8. The lowest BCUT2D eigenvalue weighted by Crippen LogP contribution is -2.50. The van der Waals surface area contributed by atoms with Crippen LogP contribution in [0.5, 0.6) is 0 Å². The number of anilines is 2. The standard InChI is InChI=1S/C25H32F6N6O.C2HF3O2/c1-14-13-32-21(35-20(14)37(4)5)33-18-6-8-19(9-7-18)34-22(38)36-23(2,3)15-10-16(24(26,27)28)12-17(11-15)25(29,30)31;3-2(4,5)1(6)7/h10-13,18-19H,6-9H2,1-5H3,(H,32,33,35)(H2,34,36,38);(H,6,7)/t18-,19+;. The van der Waals surface area contributed by atoms with Gasteiger partial charge in [-0.05, 0) is 70.2 Å². The summed E-state index contributed by atoms with van der Waals surface area (Å²) >= 11 is 0. The topological polar surface area (TPSA) is 119 Å². The van der Waals surface area contributed by atoms with Gasteiger partial charge in [-0.2, -0.15) is 44.5 Å². The molecule has 2 amide bonds. The lowest BCUT2D eigenvalue weighted by Gasteiger charge is -2.32. The Morgan fingerprint density at radius 2 is 1.29 bits per heavy atom. The Hall–Kier alpha value is -3.99. The van der Waals surface area contributed by atoms with Crippen LogP contribution in [-0.4, -0.2) is 59.4 Å². The smallest absolute Gasteiger partial charge is 0.475 e.